The van der Waals surface area contributed by atoms with Crippen LogP contribution in [-0.2, 0) is 4.79 Å². The van der Waals surface area contributed by atoms with Crippen molar-refractivity contribution in [1.29, 1.82) is 0 Å². The third-order valence-corrected chi connectivity index (χ3v) is 4.44. The van der Waals surface area contributed by atoms with E-state index in [1.54, 1.807) is 5.57 Å². The number of carbonyl (C=O) groups excluding carboxylic acids is 1. The van der Waals surface area contributed by atoms with Crippen molar-refractivity contribution in [2.45, 2.75) is 64.2 Å². The maximum atomic E-state index is 11.3. The van der Waals surface area contributed by atoms with Gasteiger partial charge < -0.3 is 5.73 Å². The molecular formula is C15H25NO. The van der Waals surface area contributed by atoms with Crippen LogP contribution in [-0.4, -0.2) is 5.91 Å². The van der Waals surface area contributed by atoms with Gasteiger partial charge in [-0.25, -0.2) is 0 Å². The molecule has 0 heterocycles. The minimum absolute atomic E-state index is 0.118. The van der Waals surface area contributed by atoms with Crippen molar-refractivity contribution in [3.8, 4) is 0 Å². The lowest BCUT2D eigenvalue weighted by Crippen LogP contribution is -2.26. The SMILES string of the molecule is NC(=O)CC(C1=CCCCC1)C1CCCCC1. The second-order valence-corrected chi connectivity index (χ2v) is 5.70. The quantitative estimate of drug-likeness (QED) is 0.744. The lowest BCUT2D eigenvalue weighted by atomic mass is 9.73. The largest absolute Gasteiger partial charge is 0.370 e. The highest BCUT2D eigenvalue weighted by Gasteiger charge is 2.28. The molecule has 0 aromatic heterocycles. The molecule has 0 saturated heterocycles. The maximum Gasteiger partial charge on any atom is 0.218 e. The van der Waals surface area contributed by atoms with Gasteiger partial charge in [0.15, 0.2) is 0 Å². The molecule has 0 aliphatic heterocycles. The van der Waals surface area contributed by atoms with Crippen molar-refractivity contribution in [1.82, 2.24) is 0 Å². The predicted molar refractivity (Wildman–Crippen MR) is 70.4 cm³/mol. The molecule has 96 valence electrons. The van der Waals surface area contributed by atoms with Crippen LogP contribution in [0.4, 0.5) is 0 Å². The third-order valence-electron chi connectivity index (χ3n) is 4.44. The van der Waals surface area contributed by atoms with Gasteiger partial charge in [0.25, 0.3) is 0 Å². The summed E-state index contributed by atoms with van der Waals surface area (Å²) in [6.45, 7) is 0. The molecule has 0 spiro atoms. The zero-order valence-corrected chi connectivity index (χ0v) is 10.8. The maximum absolute atomic E-state index is 11.3. The van der Waals surface area contributed by atoms with Crippen molar-refractivity contribution in [3.05, 3.63) is 11.6 Å². The van der Waals surface area contributed by atoms with E-state index in [-0.39, 0.29) is 5.91 Å². The summed E-state index contributed by atoms with van der Waals surface area (Å²) >= 11 is 0. The molecule has 1 fully saturated rings. The minimum atomic E-state index is -0.118. The summed E-state index contributed by atoms with van der Waals surface area (Å²) in [7, 11) is 0. The van der Waals surface area contributed by atoms with Crippen LogP contribution in [0.5, 0.6) is 0 Å². The fourth-order valence-electron chi connectivity index (χ4n) is 3.55. The van der Waals surface area contributed by atoms with E-state index in [4.69, 9.17) is 5.73 Å². The van der Waals surface area contributed by atoms with Gasteiger partial charge in [0.2, 0.25) is 5.91 Å². The van der Waals surface area contributed by atoms with E-state index in [0.29, 0.717) is 12.3 Å². The standard InChI is InChI=1S/C15H25NO/c16-15(17)11-14(12-7-3-1-4-8-12)13-9-5-2-6-10-13/h7,13-14H,1-6,8-11H2,(H2,16,17). The van der Waals surface area contributed by atoms with E-state index in [0.717, 1.165) is 5.92 Å². The normalized spacial score (nSPS) is 24.1. The molecule has 2 aliphatic rings. The molecular weight excluding hydrogens is 210 g/mol. The first kappa shape index (κ1) is 12.7. The van der Waals surface area contributed by atoms with Gasteiger partial charge in [-0.05, 0) is 50.4 Å². The van der Waals surface area contributed by atoms with Crippen molar-refractivity contribution in [2.75, 3.05) is 0 Å². The van der Waals surface area contributed by atoms with E-state index in [1.807, 2.05) is 0 Å². The smallest absolute Gasteiger partial charge is 0.218 e. The fourth-order valence-corrected chi connectivity index (χ4v) is 3.55. The number of hydrogen-bond acceptors (Lipinski definition) is 1. The molecule has 1 saturated carbocycles. The highest BCUT2D eigenvalue weighted by atomic mass is 16.1. The van der Waals surface area contributed by atoms with Gasteiger partial charge in [0, 0.05) is 6.42 Å². The van der Waals surface area contributed by atoms with Gasteiger partial charge in [-0.15, -0.1) is 0 Å². The van der Waals surface area contributed by atoms with Crippen molar-refractivity contribution in [3.63, 3.8) is 0 Å². The van der Waals surface area contributed by atoms with Crippen LogP contribution in [0.25, 0.3) is 0 Å². The first-order chi connectivity index (χ1) is 8.27. The monoisotopic (exact) mass is 235 g/mol. The Labute approximate surface area is 105 Å². The molecule has 1 amide bonds. The number of carbonyl (C=O) groups is 1. The highest BCUT2D eigenvalue weighted by Crippen LogP contribution is 2.38. The Bertz CT molecular complexity index is 289. The second kappa shape index (κ2) is 6.23. The number of allylic oxidation sites excluding steroid dienone is 2. The van der Waals surface area contributed by atoms with Crippen LogP contribution in [0.2, 0.25) is 0 Å². The summed E-state index contributed by atoms with van der Waals surface area (Å²) in [6.07, 6.45) is 14.7. The Morgan fingerprint density at radius 3 is 2.59 bits per heavy atom. The summed E-state index contributed by atoms with van der Waals surface area (Å²) in [6, 6.07) is 0. The summed E-state index contributed by atoms with van der Waals surface area (Å²) in [5, 5.41) is 0. The van der Waals surface area contributed by atoms with Crippen molar-refractivity contribution < 1.29 is 4.79 Å². The topological polar surface area (TPSA) is 43.1 Å². The fraction of sp³-hybridized carbons (Fsp3) is 0.800. The first-order valence-corrected chi connectivity index (χ1v) is 7.24. The van der Waals surface area contributed by atoms with E-state index in [1.165, 1.54) is 57.8 Å². The Morgan fingerprint density at radius 1 is 1.24 bits per heavy atom. The summed E-state index contributed by atoms with van der Waals surface area (Å²) in [4.78, 5) is 11.3. The van der Waals surface area contributed by atoms with Gasteiger partial charge in [0.1, 0.15) is 0 Å². The molecule has 0 aromatic carbocycles. The van der Waals surface area contributed by atoms with Crippen LogP contribution in [0.15, 0.2) is 11.6 Å². The van der Waals surface area contributed by atoms with Crippen molar-refractivity contribution >= 4 is 5.91 Å². The average molecular weight is 235 g/mol. The molecule has 17 heavy (non-hydrogen) atoms. The van der Waals surface area contributed by atoms with Crippen LogP contribution < -0.4 is 5.73 Å². The Balaban J connectivity index is 2.05. The summed E-state index contributed by atoms with van der Waals surface area (Å²) in [5.41, 5.74) is 6.98. The molecule has 2 nitrogen and oxygen atoms in total. The molecule has 2 heteroatoms. The second-order valence-electron chi connectivity index (χ2n) is 5.70. The lowest BCUT2D eigenvalue weighted by Gasteiger charge is -2.32. The summed E-state index contributed by atoms with van der Waals surface area (Å²) in [5.74, 6) is 1.07. The molecule has 2 N–H and O–H groups in total. The number of nitrogens with two attached hydrogens (primary N) is 1. The molecule has 2 aliphatic carbocycles. The first-order valence-electron chi connectivity index (χ1n) is 7.24. The van der Waals surface area contributed by atoms with E-state index < -0.39 is 0 Å². The molecule has 1 unspecified atom stereocenters. The number of rotatable bonds is 4. The molecule has 0 aromatic rings. The van der Waals surface area contributed by atoms with Gasteiger partial charge in [0.05, 0.1) is 0 Å². The Hall–Kier alpha value is -0.790. The van der Waals surface area contributed by atoms with Crippen LogP contribution in [0.3, 0.4) is 0 Å². The predicted octanol–water partition coefficient (Wildman–Crippen LogP) is 3.56. The van der Waals surface area contributed by atoms with Crippen LogP contribution in [0, 0.1) is 11.8 Å². The summed E-state index contributed by atoms with van der Waals surface area (Å²) < 4.78 is 0. The van der Waals surface area contributed by atoms with Crippen LogP contribution in [0.1, 0.15) is 64.2 Å². The van der Waals surface area contributed by atoms with Gasteiger partial charge >= 0.3 is 0 Å². The molecule has 2 rings (SSSR count). The van der Waals surface area contributed by atoms with Gasteiger partial charge in [-0.3, -0.25) is 4.79 Å². The van der Waals surface area contributed by atoms with Crippen molar-refractivity contribution in [2.24, 2.45) is 17.6 Å². The minimum Gasteiger partial charge on any atom is -0.370 e. The van der Waals surface area contributed by atoms with E-state index in [9.17, 15) is 4.79 Å². The third kappa shape index (κ3) is 3.58. The number of amides is 1. The number of hydrogen-bond donors (Lipinski definition) is 1. The van der Waals surface area contributed by atoms with E-state index >= 15 is 0 Å². The Morgan fingerprint density at radius 2 is 2.00 bits per heavy atom. The lowest BCUT2D eigenvalue weighted by molar-refractivity contribution is -0.119. The van der Waals surface area contributed by atoms with Gasteiger partial charge in [-0.2, -0.15) is 0 Å². The average Bonchev–Trinajstić information content (AvgIpc) is 2.38. The zero-order chi connectivity index (χ0) is 12.1. The molecule has 1 atom stereocenters. The highest BCUT2D eigenvalue weighted by molar-refractivity contribution is 5.74. The molecule has 0 bridgehead atoms. The number of primary amides is 1. The Kier molecular flexibility index (Phi) is 4.64. The van der Waals surface area contributed by atoms with E-state index in [2.05, 4.69) is 6.08 Å². The zero-order valence-electron chi connectivity index (χ0n) is 10.8. The van der Waals surface area contributed by atoms with Gasteiger partial charge in [-0.1, -0.05) is 30.9 Å². The molecule has 0 radical (unpaired) electrons. The van der Waals surface area contributed by atoms with Crippen LogP contribution >= 0.6 is 0 Å².